The minimum atomic E-state index is -0.211. The number of imidazole rings is 1. The minimum Gasteiger partial charge on any atom is -0.341 e. The number of H-pyrrole nitrogens is 1. The second-order valence-electron chi connectivity index (χ2n) is 10.1. The van der Waals surface area contributed by atoms with Crippen LogP contribution in [-0.4, -0.2) is 59.4 Å². The molecule has 3 aliphatic rings. The summed E-state index contributed by atoms with van der Waals surface area (Å²) in [6.45, 7) is 3.74. The Labute approximate surface area is 206 Å². The normalized spacial score (nSPS) is 22.8. The van der Waals surface area contributed by atoms with Gasteiger partial charge < -0.3 is 19.7 Å². The molecule has 1 saturated carbocycles. The molecule has 7 nitrogen and oxygen atoms in total. The molecule has 7 heteroatoms. The number of para-hydroxylation sites is 3. The van der Waals surface area contributed by atoms with Gasteiger partial charge in [0.1, 0.15) is 0 Å². The molecule has 182 valence electrons. The lowest BCUT2D eigenvalue weighted by Gasteiger charge is -2.35. The summed E-state index contributed by atoms with van der Waals surface area (Å²) in [4.78, 5) is 41.8. The van der Waals surface area contributed by atoms with Gasteiger partial charge in [0.15, 0.2) is 0 Å². The van der Waals surface area contributed by atoms with Crippen molar-refractivity contribution < 1.29 is 9.59 Å². The Morgan fingerprint density at radius 1 is 0.800 bits per heavy atom. The van der Waals surface area contributed by atoms with Gasteiger partial charge in [-0.1, -0.05) is 43.2 Å². The van der Waals surface area contributed by atoms with Gasteiger partial charge in [0.2, 0.25) is 17.8 Å². The zero-order valence-corrected chi connectivity index (χ0v) is 20.2. The van der Waals surface area contributed by atoms with E-state index in [1.54, 1.807) is 0 Å². The lowest BCUT2D eigenvalue weighted by atomic mass is 9.77. The minimum absolute atomic E-state index is 0.145. The number of amides is 2. The van der Waals surface area contributed by atoms with Crippen molar-refractivity contribution in [3.8, 4) is 0 Å². The third-order valence-electron chi connectivity index (χ3n) is 8.04. The first kappa shape index (κ1) is 22.1. The molecule has 6 rings (SSSR count). The molecular formula is C28H33N5O2. The SMILES string of the molecule is O=C(C1CCCCC1C(=O)N1CCc2ccccc21)N1CCCN(c2nc3ccccc3[nH]2)CC1. The summed E-state index contributed by atoms with van der Waals surface area (Å²) in [5.74, 6) is 0.770. The van der Waals surface area contributed by atoms with Gasteiger partial charge in [0, 0.05) is 44.3 Å². The predicted octanol–water partition coefficient (Wildman–Crippen LogP) is 4.00. The molecule has 2 aromatic carbocycles. The Kier molecular flexibility index (Phi) is 5.92. The lowest BCUT2D eigenvalue weighted by molar-refractivity contribution is -0.142. The van der Waals surface area contributed by atoms with Crippen molar-refractivity contribution in [2.45, 2.75) is 38.5 Å². The molecule has 2 amide bonds. The van der Waals surface area contributed by atoms with E-state index in [4.69, 9.17) is 4.98 Å². The van der Waals surface area contributed by atoms with Crippen molar-refractivity contribution in [2.24, 2.45) is 11.8 Å². The van der Waals surface area contributed by atoms with Crippen molar-refractivity contribution in [1.82, 2.24) is 14.9 Å². The van der Waals surface area contributed by atoms with Gasteiger partial charge >= 0.3 is 0 Å². The highest BCUT2D eigenvalue weighted by molar-refractivity contribution is 5.99. The summed E-state index contributed by atoms with van der Waals surface area (Å²) >= 11 is 0. The van der Waals surface area contributed by atoms with Crippen molar-refractivity contribution in [3.05, 3.63) is 54.1 Å². The molecule has 3 aromatic rings. The molecule has 3 heterocycles. The van der Waals surface area contributed by atoms with E-state index in [-0.39, 0.29) is 23.7 Å². The van der Waals surface area contributed by atoms with Crippen molar-refractivity contribution in [1.29, 1.82) is 0 Å². The summed E-state index contributed by atoms with van der Waals surface area (Å²) in [7, 11) is 0. The van der Waals surface area contributed by atoms with Crippen LogP contribution in [0, 0.1) is 11.8 Å². The van der Waals surface area contributed by atoms with Gasteiger partial charge in [-0.15, -0.1) is 0 Å². The van der Waals surface area contributed by atoms with E-state index in [0.717, 1.165) is 87.4 Å². The van der Waals surface area contributed by atoms with Crippen LogP contribution in [0.15, 0.2) is 48.5 Å². The second-order valence-corrected chi connectivity index (χ2v) is 10.1. The number of nitrogens with zero attached hydrogens (tertiary/aromatic N) is 4. The number of nitrogens with one attached hydrogen (secondary N) is 1. The van der Waals surface area contributed by atoms with Crippen LogP contribution >= 0.6 is 0 Å². The molecule has 35 heavy (non-hydrogen) atoms. The molecule has 2 fully saturated rings. The van der Waals surface area contributed by atoms with Crippen molar-refractivity contribution in [2.75, 3.05) is 42.5 Å². The average molecular weight is 472 g/mol. The number of fused-ring (bicyclic) bond motifs is 2. The number of hydrogen-bond acceptors (Lipinski definition) is 4. The first-order valence-electron chi connectivity index (χ1n) is 13.1. The second kappa shape index (κ2) is 9.36. The van der Waals surface area contributed by atoms with E-state index in [9.17, 15) is 9.59 Å². The third-order valence-corrected chi connectivity index (χ3v) is 8.04. The number of hydrogen-bond donors (Lipinski definition) is 1. The molecule has 1 aromatic heterocycles. The predicted molar refractivity (Wildman–Crippen MR) is 137 cm³/mol. The van der Waals surface area contributed by atoms with Gasteiger partial charge in [0.05, 0.1) is 17.0 Å². The number of carbonyl (C=O) groups excluding carboxylic acids is 2. The smallest absolute Gasteiger partial charge is 0.230 e. The lowest BCUT2D eigenvalue weighted by Crippen LogP contribution is -2.47. The average Bonchev–Trinajstić information content (AvgIpc) is 3.45. The molecule has 0 bridgehead atoms. The quantitative estimate of drug-likeness (QED) is 0.627. The number of anilines is 2. The zero-order chi connectivity index (χ0) is 23.8. The zero-order valence-electron chi connectivity index (χ0n) is 20.2. The maximum Gasteiger partial charge on any atom is 0.230 e. The standard InChI is InChI=1S/C28H33N5O2/c34-26(31-15-7-16-32(19-18-31)28-29-23-11-4-5-12-24(23)30-28)21-9-2-3-10-22(21)27(35)33-17-14-20-8-1-6-13-25(20)33/h1,4-6,8,11-13,21-22H,2-3,7,9-10,14-19H2,(H,29,30). The highest BCUT2D eigenvalue weighted by Gasteiger charge is 2.41. The molecule has 2 atom stereocenters. The maximum atomic E-state index is 13.8. The summed E-state index contributed by atoms with van der Waals surface area (Å²) < 4.78 is 0. The monoisotopic (exact) mass is 471 g/mol. The van der Waals surface area contributed by atoms with Gasteiger partial charge in [0.25, 0.3) is 0 Å². The van der Waals surface area contributed by atoms with Crippen LogP contribution in [0.2, 0.25) is 0 Å². The molecule has 2 unspecified atom stereocenters. The Morgan fingerprint density at radius 2 is 1.57 bits per heavy atom. The van der Waals surface area contributed by atoms with Crippen molar-refractivity contribution >= 4 is 34.5 Å². The van der Waals surface area contributed by atoms with Gasteiger partial charge in [-0.2, -0.15) is 0 Å². The number of benzene rings is 2. The highest BCUT2D eigenvalue weighted by Crippen LogP contribution is 2.37. The number of aromatic amines is 1. The largest absolute Gasteiger partial charge is 0.341 e. The summed E-state index contributed by atoms with van der Waals surface area (Å²) in [5.41, 5.74) is 4.27. The van der Waals surface area contributed by atoms with Crippen LogP contribution in [0.25, 0.3) is 11.0 Å². The fraction of sp³-hybridized carbons (Fsp3) is 0.464. The number of rotatable bonds is 3. The van der Waals surface area contributed by atoms with E-state index in [0.29, 0.717) is 6.54 Å². The van der Waals surface area contributed by atoms with Crippen LogP contribution in [0.3, 0.4) is 0 Å². The number of aromatic nitrogens is 2. The topological polar surface area (TPSA) is 72.5 Å². The fourth-order valence-corrected chi connectivity index (χ4v) is 6.16. The van der Waals surface area contributed by atoms with E-state index in [1.807, 2.05) is 52.3 Å². The van der Waals surface area contributed by atoms with Crippen LogP contribution in [0.5, 0.6) is 0 Å². The van der Waals surface area contributed by atoms with E-state index < -0.39 is 0 Å². The third kappa shape index (κ3) is 4.17. The molecule has 1 saturated heterocycles. The molecular weight excluding hydrogens is 438 g/mol. The Hall–Kier alpha value is -3.35. The van der Waals surface area contributed by atoms with Crippen molar-refractivity contribution in [3.63, 3.8) is 0 Å². The van der Waals surface area contributed by atoms with Crippen LogP contribution in [0.4, 0.5) is 11.6 Å². The first-order chi connectivity index (χ1) is 17.2. The molecule has 1 N–H and O–H groups in total. The number of carbonyl (C=O) groups is 2. The first-order valence-corrected chi connectivity index (χ1v) is 13.1. The maximum absolute atomic E-state index is 13.8. The van der Waals surface area contributed by atoms with Gasteiger partial charge in [-0.25, -0.2) is 4.98 Å². The van der Waals surface area contributed by atoms with Gasteiger partial charge in [-0.3, -0.25) is 9.59 Å². The van der Waals surface area contributed by atoms with Crippen LogP contribution < -0.4 is 9.80 Å². The molecule has 2 aliphatic heterocycles. The molecule has 0 radical (unpaired) electrons. The summed E-state index contributed by atoms with van der Waals surface area (Å²) in [6.07, 6.45) is 5.47. The summed E-state index contributed by atoms with van der Waals surface area (Å²) in [5, 5.41) is 0. The van der Waals surface area contributed by atoms with E-state index in [1.165, 1.54) is 5.56 Å². The van der Waals surface area contributed by atoms with E-state index >= 15 is 0 Å². The Balaban J connectivity index is 1.15. The molecule has 0 spiro atoms. The van der Waals surface area contributed by atoms with Crippen LogP contribution in [0.1, 0.15) is 37.7 Å². The molecule has 1 aliphatic carbocycles. The van der Waals surface area contributed by atoms with E-state index in [2.05, 4.69) is 16.0 Å². The Morgan fingerprint density at radius 3 is 2.43 bits per heavy atom. The van der Waals surface area contributed by atoms with Gasteiger partial charge in [-0.05, 0) is 49.4 Å². The summed E-state index contributed by atoms with van der Waals surface area (Å²) in [6, 6.07) is 16.2. The van der Waals surface area contributed by atoms with Crippen LogP contribution in [-0.2, 0) is 16.0 Å². The highest BCUT2D eigenvalue weighted by atomic mass is 16.2. The fourth-order valence-electron chi connectivity index (χ4n) is 6.16. The Bertz CT molecular complexity index is 1200.